The predicted molar refractivity (Wildman–Crippen MR) is 59.9 cm³/mol. The van der Waals surface area contributed by atoms with E-state index in [4.69, 9.17) is 4.42 Å². The van der Waals surface area contributed by atoms with Crippen molar-refractivity contribution in [3.8, 4) is 11.3 Å². The summed E-state index contributed by atoms with van der Waals surface area (Å²) in [6.45, 7) is 0. The number of non-ortho nitro benzene ring substituents is 1. The second kappa shape index (κ2) is 4.66. The molecule has 1 aromatic carbocycles. The number of carbonyl (C=O) groups is 1. The highest BCUT2D eigenvalue weighted by molar-refractivity contribution is 5.93. The standard InChI is InChI=1S/C11H8N2O5/c1-17-11(14)9-10(18-6-12-9)7-2-4-8(5-3-7)13(15)16/h2-6H,1H3. The number of methoxy groups -OCH3 is 1. The number of esters is 1. The lowest BCUT2D eigenvalue weighted by Crippen LogP contribution is -2.03. The molecular formula is C11H8N2O5. The van der Waals surface area contributed by atoms with Crippen LogP contribution in [0, 0.1) is 10.1 Å². The molecule has 0 spiro atoms. The van der Waals surface area contributed by atoms with Crippen LogP contribution >= 0.6 is 0 Å². The van der Waals surface area contributed by atoms with Gasteiger partial charge in [0.05, 0.1) is 12.0 Å². The van der Waals surface area contributed by atoms with E-state index in [2.05, 4.69) is 9.72 Å². The molecule has 92 valence electrons. The fourth-order valence-electron chi connectivity index (χ4n) is 1.43. The smallest absolute Gasteiger partial charge is 0.360 e. The third-order valence-electron chi connectivity index (χ3n) is 2.29. The minimum Gasteiger partial charge on any atom is -0.464 e. The van der Waals surface area contributed by atoms with Gasteiger partial charge in [0.25, 0.3) is 5.69 Å². The van der Waals surface area contributed by atoms with Crippen molar-refractivity contribution >= 4 is 11.7 Å². The van der Waals surface area contributed by atoms with Crippen LogP contribution in [0.3, 0.4) is 0 Å². The first-order valence-electron chi connectivity index (χ1n) is 4.90. The van der Waals surface area contributed by atoms with Gasteiger partial charge in [0.2, 0.25) is 0 Å². The second-order valence-corrected chi connectivity index (χ2v) is 3.33. The monoisotopic (exact) mass is 248 g/mol. The van der Waals surface area contributed by atoms with Crippen molar-refractivity contribution < 1.29 is 18.9 Å². The Hall–Kier alpha value is -2.70. The molecule has 0 radical (unpaired) electrons. The Morgan fingerprint density at radius 3 is 2.61 bits per heavy atom. The van der Waals surface area contributed by atoms with Gasteiger partial charge < -0.3 is 9.15 Å². The lowest BCUT2D eigenvalue weighted by molar-refractivity contribution is -0.384. The summed E-state index contributed by atoms with van der Waals surface area (Å²) in [4.78, 5) is 25.1. The van der Waals surface area contributed by atoms with Gasteiger partial charge in [0, 0.05) is 17.7 Å². The number of aromatic nitrogens is 1. The maximum absolute atomic E-state index is 11.4. The Labute approximate surface area is 101 Å². The minimum absolute atomic E-state index is 0.0337. The van der Waals surface area contributed by atoms with Gasteiger partial charge in [-0.2, -0.15) is 0 Å². The van der Waals surface area contributed by atoms with Gasteiger partial charge in [-0.15, -0.1) is 0 Å². The van der Waals surface area contributed by atoms with Crippen LogP contribution in [0.2, 0.25) is 0 Å². The van der Waals surface area contributed by atoms with Crippen molar-refractivity contribution in [3.63, 3.8) is 0 Å². The van der Waals surface area contributed by atoms with Crippen LogP contribution in [0.1, 0.15) is 10.5 Å². The summed E-state index contributed by atoms with van der Waals surface area (Å²) in [6, 6.07) is 5.59. The third-order valence-corrected chi connectivity index (χ3v) is 2.29. The largest absolute Gasteiger partial charge is 0.464 e. The van der Waals surface area contributed by atoms with Crippen molar-refractivity contribution in [2.24, 2.45) is 0 Å². The van der Waals surface area contributed by atoms with Gasteiger partial charge in [-0.25, -0.2) is 9.78 Å². The first-order chi connectivity index (χ1) is 8.63. The Kier molecular flexibility index (Phi) is 3.05. The summed E-state index contributed by atoms with van der Waals surface area (Å²) in [6.07, 6.45) is 1.11. The number of rotatable bonds is 3. The molecule has 0 aliphatic carbocycles. The van der Waals surface area contributed by atoms with Gasteiger partial charge in [0.1, 0.15) is 0 Å². The molecule has 0 amide bonds. The molecule has 0 fully saturated rings. The SMILES string of the molecule is COC(=O)c1ncoc1-c1ccc([N+](=O)[O-])cc1. The number of oxazole rings is 1. The average molecular weight is 248 g/mol. The second-order valence-electron chi connectivity index (χ2n) is 3.33. The molecule has 2 aromatic rings. The van der Waals surface area contributed by atoms with E-state index in [0.717, 1.165) is 6.39 Å². The van der Waals surface area contributed by atoms with Crippen LogP contribution in [-0.4, -0.2) is 23.0 Å². The summed E-state index contributed by atoms with van der Waals surface area (Å²) in [5, 5.41) is 10.5. The van der Waals surface area contributed by atoms with Crippen molar-refractivity contribution in [2.45, 2.75) is 0 Å². The van der Waals surface area contributed by atoms with Crippen molar-refractivity contribution in [1.82, 2.24) is 4.98 Å². The number of hydrogen-bond donors (Lipinski definition) is 0. The molecule has 7 heteroatoms. The third kappa shape index (κ3) is 2.05. The topological polar surface area (TPSA) is 95.5 Å². The number of nitrogens with zero attached hydrogens (tertiary/aromatic N) is 2. The fourth-order valence-corrected chi connectivity index (χ4v) is 1.43. The van der Waals surface area contributed by atoms with E-state index in [-0.39, 0.29) is 17.1 Å². The molecule has 0 N–H and O–H groups in total. The minimum atomic E-state index is -0.628. The summed E-state index contributed by atoms with van der Waals surface area (Å²) in [7, 11) is 1.23. The number of nitro groups is 1. The Morgan fingerprint density at radius 1 is 1.39 bits per heavy atom. The van der Waals surface area contributed by atoms with E-state index < -0.39 is 10.9 Å². The Bertz CT molecular complexity index is 588. The van der Waals surface area contributed by atoms with Gasteiger partial charge in [-0.05, 0) is 12.1 Å². The quantitative estimate of drug-likeness (QED) is 0.468. The van der Waals surface area contributed by atoms with E-state index >= 15 is 0 Å². The highest BCUT2D eigenvalue weighted by Gasteiger charge is 2.19. The van der Waals surface area contributed by atoms with Crippen LogP contribution < -0.4 is 0 Å². The number of nitro benzene ring substituents is 1. The first kappa shape index (κ1) is 11.8. The van der Waals surface area contributed by atoms with Crippen molar-refractivity contribution in [1.29, 1.82) is 0 Å². The van der Waals surface area contributed by atoms with E-state index in [1.165, 1.54) is 31.4 Å². The van der Waals surface area contributed by atoms with E-state index in [1.807, 2.05) is 0 Å². The average Bonchev–Trinajstić information content (AvgIpc) is 2.87. The van der Waals surface area contributed by atoms with Gasteiger partial charge in [0.15, 0.2) is 17.8 Å². The maximum atomic E-state index is 11.4. The number of hydrogen-bond acceptors (Lipinski definition) is 6. The van der Waals surface area contributed by atoms with E-state index in [9.17, 15) is 14.9 Å². The van der Waals surface area contributed by atoms with Gasteiger partial charge in [-0.1, -0.05) is 0 Å². The van der Waals surface area contributed by atoms with Gasteiger partial charge in [-0.3, -0.25) is 10.1 Å². The lowest BCUT2D eigenvalue weighted by atomic mass is 10.1. The first-order valence-corrected chi connectivity index (χ1v) is 4.90. The molecule has 0 atom stereocenters. The highest BCUT2D eigenvalue weighted by atomic mass is 16.6. The van der Waals surface area contributed by atoms with Crippen LogP contribution in [0.25, 0.3) is 11.3 Å². The molecule has 0 bridgehead atoms. The Morgan fingerprint density at radius 2 is 2.06 bits per heavy atom. The summed E-state index contributed by atoms with van der Waals surface area (Å²) in [5.41, 5.74) is 0.503. The molecule has 1 aromatic heterocycles. The molecule has 0 saturated heterocycles. The molecule has 1 heterocycles. The maximum Gasteiger partial charge on any atom is 0.360 e. The van der Waals surface area contributed by atoms with E-state index in [1.54, 1.807) is 0 Å². The normalized spacial score (nSPS) is 10.1. The summed E-state index contributed by atoms with van der Waals surface area (Å²) < 4.78 is 9.64. The highest BCUT2D eigenvalue weighted by Crippen LogP contribution is 2.25. The lowest BCUT2D eigenvalue weighted by Gasteiger charge is -1.99. The van der Waals surface area contributed by atoms with E-state index in [0.29, 0.717) is 5.56 Å². The number of ether oxygens (including phenoxy) is 1. The van der Waals surface area contributed by atoms with Crippen LogP contribution in [0.4, 0.5) is 5.69 Å². The molecule has 0 unspecified atom stereocenters. The van der Waals surface area contributed by atoms with Gasteiger partial charge >= 0.3 is 5.97 Å². The van der Waals surface area contributed by atoms with Crippen LogP contribution in [0.5, 0.6) is 0 Å². The van der Waals surface area contributed by atoms with Crippen molar-refractivity contribution in [3.05, 3.63) is 46.5 Å². The zero-order valence-corrected chi connectivity index (χ0v) is 9.32. The zero-order valence-electron chi connectivity index (χ0n) is 9.32. The summed E-state index contributed by atoms with van der Waals surface area (Å²) in [5.74, 6) is -0.408. The number of carbonyl (C=O) groups excluding carboxylic acids is 1. The zero-order chi connectivity index (χ0) is 13.1. The summed E-state index contributed by atoms with van der Waals surface area (Å²) >= 11 is 0. The predicted octanol–water partition coefficient (Wildman–Crippen LogP) is 2.04. The molecule has 0 saturated carbocycles. The molecule has 0 aliphatic rings. The fraction of sp³-hybridized carbons (Fsp3) is 0.0909. The Balaban J connectivity index is 2.40. The molecule has 0 aliphatic heterocycles. The molecule has 7 nitrogen and oxygen atoms in total. The molecule has 2 rings (SSSR count). The molecular weight excluding hydrogens is 240 g/mol. The molecule has 18 heavy (non-hydrogen) atoms. The van der Waals surface area contributed by atoms with Crippen LogP contribution in [0.15, 0.2) is 35.1 Å². The van der Waals surface area contributed by atoms with Crippen LogP contribution in [-0.2, 0) is 4.74 Å². The number of benzene rings is 1. The van der Waals surface area contributed by atoms with Crippen molar-refractivity contribution in [2.75, 3.05) is 7.11 Å².